The van der Waals surface area contributed by atoms with Crippen molar-refractivity contribution in [1.29, 1.82) is 0 Å². The van der Waals surface area contributed by atoms with E-state index in [4.69, 9.17) is 5.73 Å². The van der Waals surface area contributed by atoms with Crippen molar-refractivity contribution in [3.05, 3.63) is 60.3 Å². The third-order valence-corrected chi connectivity index (χ3v) is 4.70. The van der Waals surface area contributed by atoms with Gasteiger partial charge in [0.1, 0.15) is 5.69 Å². The number of nitrogens with one attached hydrogen (secondary N) is 2. The van der Waals surface area contributed by atoms with Gasteiger partial charge < -0.3 is 20.9 Å². The molecule has 0 unspecified atom stereocenters. The Bertz CT molecular complexity index is 1150. The largest absolute Gasteiger partial charge is 0.382 e. The number of amides is 1. The molecule has 0 radical (unpaired) electrons. The minimum absolute atomic E-state index is 0.102. The molecule has 0 bridgehead atoms. The molecule has 2 aromatic heterocycles. The van der Waals surface area contributed by atoms with Gasteiger partial charge in [-0.2, -0.15) is 0 Å². The van der Waals surface area contributed by atoms with Crippen molar-refractivity contribution in [1.82, 2.24) is 30.2 Å². The summed E-state index contributed by atoms with van der Waals surface area (Å²) in [4.78, 5) is 31.0. The molecule has 1 amide bonds. The van der Waals surface area contributed by atoms with E-state index in [1.807, 2.05) is 55.4 Å². The van der Waals surface area contributed by atoms with Gasteiger partial charge >= 0.3 is 0 Å². The van der Waals surface area contributed by atoms with Crippen LogP contribution < -0.4 is 11.1 Å². The number of anilines is 1. The number of hydrogen-bond donors (Lipinski definition) is 3. The zero-order valence-electron chi connectivity index (χ0n) is 16.9. The number of aromatic nitrogens is 4. The lowest BCUT2D eigenvalue weighted by molar-refractivity contribution is 0.0951. The molecule has 4 aromatic rings. The van der Waals surface area contributed by atoms with E-state index in [2.05, 4.69) is 25.3 Å². The van der Waals surface area contributed by atoms with Gasteiger partial charge in [-0.3, -0.25) is 4.79 Å². The Morgan fingerprint density at radius 3 is 2.60 bits per heavy atom. The molecule has 30 heavy (non-hydrogen) atoms. The minimum atomic E-state index is -0.102. The van der Waals surface area contributed by atoms with E-state index in [0.29, 0.717) is 35.1 Å². The number of carbonyl (C=O) groups excluding carboxylic acids is 1. The van der Waals surface area contributed by atoms with Crippen molar-refractivity contribution >= 4 is 22.8 Å². The summed E-state index contributed by atoms with van der Waals surface area (Å²) in [6.45, 7) is 1.38. The quantitative estimate of drug-likeness (QED) is 0.458. The van der Waals surface area contributed by atoms with Crippen molar-refractivity contribution in [3.63, 3.8) is 0 Å². The van der Waals surface area contributed by atoms with Crippen molar-refractivity contribution in [2.75, 3.05) is 32.9 Å². The number of benzene rings is 2. The Kier molecular flexibility index (Phi) is 5.40. The molecule has 8 nitrogen and oxygen atoms in total. The maximum Gasteiger partial charge on any atom is 0.251 e. The number of likely N-dealkylation sites (N-methyl/N-ethyl adjacent to an activating group) is 1. The molecule has 8 heteroatoms. The van der Waals surface area contributed by atoms with Crippen LogP contribution in [0.3, 0.4) is 0 Å². The predicted molar refractivity (Wildman–Crippen MR) is 118 cm³/mol. The van der Waals surface area contributed by atoms with Gasteiger partial charge in [-0.05, 0) is 38.4 Å². The first-order chi connectivity index (χ1) is 14.5. The number of rotatable bonds is 6. The molecule has 0 saturated carbocycles. The molecule has 0 fully saturated rings. The van der Waals surface area contributed by atoms with Crippen LogP contribution in [0, 0.1) is 0 Å². The Balaban J connectivity index is 1.57. The lowest BCUT2D eigenvalue weighted by Gasteiger charge is -2.10. The molecule has 0 aliphatic carbocycles. The van der Waals surface area contributed by atoms with Crippen molar-refractivity contribution in [2.45, 2.75) is 0 Å². The number of para-hydroxylation sites is 2. The average Bonchev–Trinajstić information content (AvgIpc) is 3.18. The highest BCUT2D eigenvalue weighted by atomic mass is 16.1. The molecule has 2 heterocycles. The van der Waals surface area contributed by atoms with Crippen LogP contribution in [0.25, 0.3) is 33.8 Å². The van der Waals surface area contributed by atoms with E-state index in [1.165, 1.54) is 0 Å². The number of nitrogen functional groups attached to an aromatic ring is 1. The summed E-state index contributed by atoms with van der Waals surface area (Å²) in [5, 5.41) is 2.90. The highest BCUT2D eigenvalue weighted by Gasteiger charge is 2.13. The highest BCUT2D eigenvalue weighted by Crippen LogP contribution is 2.26. The fourth-order valence-electron chi connectivity index (χ4n) is 3.06. The number of fused-ring (bicyclic) bond motifs is 1. The molecule has 0 aliphatic heterocycles. The number of hydrogen-bond acceptors (Lipinski definition) is 6. The van der Waals surface area contributed by atoms with Gasteiger partial charge in [-0.1, -0.05) is 24.3 Å². The van der Waals surface area contributed by atoms with E-state index < -0.39 is 0 Å². The van der Waals surface area contributed by atoms with Crippen LogP contribution in [0.2, 0.25) is 0 Å². The standard InChI is InChI=1S/C22H23N7O/c1-29(2)12-11-24-22(30)15-9-7-14(8-10-15)18-13-25-20(23)19(26-18)21-27-16-5-3-4-6-17(16)28-21/h3-10,13H,11-12H2,1-2H3,(H2,23,25)(H,24,30)(H,27,28). The first-order valence-corrected chi connectivity index (χ1v) is 9.62. The molecular weight excluding hydrogens is 378 g/mol. The van der Waals surface area contributed by atoms with E-state index >= 15 is 0 Å². The normalized spacial score (nSPS) is 11.2. The van der Waals surface area contributed by atoms with Gasteiger partial charge in [-0.15, -0.1) is 0 Å². The SMILES string of the molecule is CN(C)CCNC(=O)c1ccc(-c2cnc(N)c(-c3nc4ccccc4[nH]3)n2)cc1. The summed E-state index contributed by atoms with van der Waals surface area (Å²) in [6, 6.07) is 15.0. The van der Waals surface area contributed by atoms with E-state index in [0.717, 1.165) is 23.1 Å². The van der Waals surface area contributed by atoms with Gasteiger partial charge in [-0.25, -0.2) is 15.0 Å². The summed E-state index contributed by atoms with van der Waals surface area (Å²) in [6.07, 6.45) is 1.62. The smallest absolute Gasteiger partial charge is 0.251 e. The molecule has 0 aliphatic rings. The average molecular weight is 401 g/mol. The fourth-order valence-corrected chi connectivity index (χ4v) is 3.06. The molecule has 4 rings (SSSR count). The van der Waals surface area contributed by atoms with Gasteiger partial charge in [0.25, 0.3) is 5.91 Å². The van der Waals surface area contributed by atoms with Crippen molar-refractivity contribution < 1.29 is 4.79 Å². The van der Waals surface area contributed by atoms with E-state index in [1.54, 1.807) is 18.3 Å². The van der Waals surface area contributed by atoms with E-state index in [-0.39, 0.29) is 5.91 Å². The van der Waals surface area contributed by atoms with E-state index in [9.17, 15) is 4.79 Å². The third kappa shape index (κ3) is 4.13. The Morgan fingerprint density at radius 2 is 1.87 bits per heavy atom. The van der Waals surface area contributed by atoms with Crippen molar-refractivity contribution in [2.24, 2.45) is 0 Å². The number of nitrogens with two attached hydrogens (primary N) is 1. The minimum Gasteiger partial charge on any atom is -0.382 e. The number of nitrogens with zero attached hydrogens (tertiary/aromatic N) is 4. The van der Waals surface area contributed by atoms with Crippen LogP contribution in [0.5, 0.6) is 0 Å². The van der Waals surface area contributed by atoms with Gasteiger partial charge in [0, 0.05) is 24.2 Å². The van der Waals surface area contributed by atoms with Gasteiger partial charge in [0.2, 0.25) is 0 Å². The predicted octanol–water partition coefficient (Wildman–Crippen LogP) is 2.56. The van der Waals surface area contributed by atoms with Crippen LogP contribution in [0.15, 0.2) is 54.7 Å². The van der Waals surface area contributed by atoms with Crippen LogP contribution in [-0.2, 0) is 0 Å². The maximum absolute atomic E-state index is 12.3. The summed E-state index contributed by atoms with van der Waals surface area (Å²) in [5.74, 6) is 0.768. The Labute approximate surface area is 174 Å². The summed E-state index contributed by atoms with van der Waals surface area (Å²) in [5.41, 5.74) is 10.4. The van der Waals surface area contributed by atoms with Crippen LogP contribution in [-0.4, -0.2) is 57.9 Å². The number of imidazole rings is 1. The molecular formula is C22H23N7O. The molecule has 2 aromatic carbocycles. The van der Waals surface area contributed by atoms with Crippen LogP contribution in [0.4, 0.5) is 5.82 Å². The molecule has 0 atom stereocenters. The summed E-state index contributed by atoms with van der Waals surface area (Å²) in [7, 11) is 3.93. The summed E-state index contributed by atoms with van der Waals surface area (Å²) >= 11 is 0. The first kappa shape index (κ1) is 19.5. The number of aromatic amines is 1. The van der Waals surface area contributed by atoms with Crippen LogP contribution >= 0.6 is 0 Å². The lowest BCUT2D eigenvalue weighted by Crippen LogP contribution is -2.31. The first-order valence-electron chi connectivity index (χ1n) is 9.62. The Hall–Kier alpha value is -3.78. The molecule has 152 valence electrons. The van der Waals surface area contributed by atoms with Gasteiger partial charge in [0.15, 0.2) is 11.6 Å². The van der Waals surface area contributed by atoms with Gasteiger partial charge in [0.05, 0.1) is 22.9 Å². The second-order valence-corrected chi connectivity index (χ2v) is 7.23. The molecule has 0 spiro atoms. The maximum atomic E-state index is 12.3. The zero-order valence-corrected chi connectivity index (χ0v) is 16.9. The second kappa shape index (κ2) is 8.30. The number of carbonyl (C=O) groups is 1. The Morgan fingerprint density at radius 1 is 1.10 bits per heavy atom. The highest BCUT2D eigenvalue weighted by molar-refractivity contribution is 5.94. The lowest BCUT2D eigenvalue weighted by atomic mass is 10.1. The van der Waals surface area contributed by atoms with Crippen molar-refractivity contribution in [3.8, 4) is 22.8 Å². The molecule has 4 N–H and O–H groups in total. The summed E-state index contributed by atoms with van der Waals surface area (Å²) < 4.78 is 0. The topological polar surface area (TPSA) is 113 Å². The second-order valence-electron chi connectivity index (χ2n) is 7.23. The third-order valence-electron chi connectivity index (χ3n) is 4.70. The molecule has 0 saturated heterocycles. The van der Waals surface area contributed by atoms with Crippen LogP contribution in [0.1, 0.15) is 10.4 Å². The fraction of sp³-hybridized carbons (Fsp3) is 0.182. The monoisotopic (exact) mass is 401 g/mol. The number of H-pyrrole nitrogens is 1. The zero-order chi connectivity index (χ0) is 21.1.